The molecule has 3 aromatic carbocycles. The van der Waals surface area contributed by atoms with Crippen LogP contribution in [0.4, 0.5) is 0 Å². The lowest BCUT2D eigenvalue weighted by atomic mass is 10.1. The van der Waals surface area contributed by atoms with E-state index in [1.807, 2.05) is 68.4 Å². The Morgan fingerprint density at radius 1 is 1.04 bits per heavy atom. The predicted octanol–water partition coefficient (Wildman–Crippen LogP) is 6.26. The van der Waals surface area contributed by atoms with Crippen LogP contribution in [0.25, 0.3) is 6.08 Å². The molecule has 4 rings (SSSR count). The lowest BCUT2D eigenvalue weighted by molar-refractivity contribution is 0.101. The molecule has 3 aromatic rings. The van der Waals surface area contributed by atoms with Gasteiger partial charge in [0, 0.05) is 10.0 Å². The van der Waals surface area contributed by atoms with Crippen molar-refractivity contribution >= 4 is 27.8 Å². The van der Waals surface area contributed by atoms with E-state index >= 15 is 0 Å². The van der Waals surface area contributed by atoms with Crippen molar-refractivity contribution in [2.75, 3.05) is 0 Å². The van der Waals surface area contributed by atoms with Crippen molar-refractivity contribution in [3.63, 3.8) is 0 Å². The van der Waals surface area contributed by atoms with E-state index in [1.54, 1.807) is 12.1 Å². The summed E-state index contributed by atoms with van der Waals surface area (Å²) >= 11 is 3.43. The van der Waals surface area contributed by atoms with Gasteiger partial charge in [-0.05, 0) is 55.3 Å². The van der Waals surface area contributed by atoms with Crippen LogP contribution >= 0.6 is 15.9 Å². The molecule has 0 unspecified atom stereocenters. The smallest absolute Gasteiger partial charge is 0.231 e. The molecule has 1 heterocycles. The molecule has 0 saturated heterocycles. The van der Waals surface area contributed by atoms with Crippen molar-refractivity contribution < 1.29 is 14.3 Å². The van der Waals surface area contributed by atoms with Crippen LogP contribution in [0.5, 0.6) is 11.5 Å². The van der Waals surface area contributed by atoms with Crippen molar-refractivity contribution in [3.05, 3.63) is 98.7 Å². The zero-order chi connectivity index (χ0) is 19.7. The molecule has 0 radical (unpaired) electrons. The molecule has 0 saturated carbocycles. The number of hydrogen-bond acceptors (Lipinski definition) is 3. The number of ketones is 1. The van der Waals surface area contributed by atoms with Crippen LogP contribution < -0.4 is 9.47 Å². The van der Waals surface area contributed by atoms with Crippen molar-refractivity contribution in [2.24, 2.45) is 0 Å². The summed E-state index contributed by atoms with van der Waals surface area (Å²) in [6.07, 6.45) is 1.79. The Hall–Kier alpha value is -2.85. The van der Waals surface area contributed by atoms with Gasteiger partial charge in [-0.2, -0.15) is 0 Å². The van der Waals surface area contributed by atoms with Gasteiger partial charge in [0.1, 0.15) is 18.1 Å². The molecule has 0 amide bonds. The van der Waals surface area contributed by atoms with Gasteiger partial charge in [0.25, 0.3) is 0 Å². The lowest BCUT2D eigenvalue weighted by Crippen LogP contribution is -1.98. The molecule has 0 fully saturated rings. The summed E-state index contributed by atoms with van der Waals surface area (Å²) < 4.78 is 12.9. The minimum atomic E-state index is -0.0981. The fraction of sp³-hybridized carbons (Fsp3) is 0.125. The van der Waals surface area contributed by atoms with E-state index in [2.05, 4.69) is 15.9 Å². The Bertz CT molecular complexity index is 1080. The van der Waals surface area contributed by atoms with E-state index in [-0.39, 0.29) is 5.78 Å². The molecule has 4 heteroatoms. The molecule has 140 valence electrons. The third-order valence-electron chi connectivity index (χ3n) is 4.68. The van der Waals surface area contributed by atoms with Crippen LogP contribution in [-0.4, -0.2) is 5.78 Å². The highest BCUT2D eigenvalue weighted by Crippen LogP contribution is 2.39. The highest BCUT2D eigenvalue weighted by Gasteiger charge is 2.30. The number of hydrogen-bond donors (Lipinski definition) is 0. The van der Waals surface area contributed by atoms with E-state index in [0.717, 1.165) is 26.7 Å². The van der Waals surface area contributed by atoms with Crippen LogP contribution in [0.2, 0.25) is 0 Å². The number of rotatable bonds is 4. The summed E-state index contributed by atoms with van der Waals surface area (Å²) in [7, 11) is 0. The van der Waals surface area contributed by atoms with Gasteiger partial charge in [-0.25, -0.2) is 0 Å². The van der Waals surface area contributed by atoms with Crippen molar-refractivity contribution in [1.82, 2.24) is 0 Å². The van der Waals surface area contributed by atoms with Gasteiger partial charge in [0.05, 0.1) is 5.56 Å². The molecular weight excluding hydrogens is 416 g/mol. The quantitative estimate of drug-likeness (QED) is 0.454. The first-order chi connectivity index (χ1) is 13.5. The molecule has 0 N–H and O–H groups in total. The Morgan fingerprint density at radius 2 is 1.82 bits per heavy atom. The molecule has 0 aromatic heterocycles. The summed E-state index contributed by atoms with van der Waals surface area (Å²) in [6, 6.07) is 19.6. The van der Waals surface area contributed by atoms with Crippen LogP contribution in [0, 0.1) is 13.8 Å². The third-order valence-corrected chi connectivity index (χ3v) is 5.21. The summed E-state index contributed by atoms with van der Waals surface area (Å²) in [5.74, 6) is 1.54. The average molecular weight is 435 g/mol. The topological polar surface area (TPSA) is 35.5 Å². The predicted molar refractivity (Wildman–Crippen MR) is 114 cm³/mol. The average Bonchev–Trinajstić information content (AvgIpc) is 2.99. The minimum absolute atomic E-state index is 0.0981. The number of Topliss-reactive ketones (excluding diaryl/α,β-unsaturated/α-hetero) is 1. The first-order valence-electron chi connectivity index (χ1n) is 9.03. The number of allylic oxidation sites excluding steroid dienone is 1. The second-order valence-electron chi connectivity index (χ2n) is 6.83. The van der Waals surface area contributed by atoms with Crippen molar-refractivity contribution in [1.29, 1.82) is 0 Å². The normalized spacial score (nSPS) is 14.1. The number of carbonyl (C=O) groups is 1. The summed E-state index contributed by atoms with van der Waals surface area (Å²) in [5.41, 5.74) is 4.56. The van der Waals surface area contributed by atoms with Crippen LogP contribution in [0.15, 0.2) is 70.9 Å². The van der Waals surface area contributed by atoms with E-state index in [4.69, 9.17) is 9.47 Å². The number of ether oxygens (including phenoxy) is 2. The minimum Gasteiger partial charge on any atom is -0.488 e. The van der Waals surface area contributed by atoms with Crippen LogP contribution in [0.3, 0.4) is 0 Å². The summed E-state index contributed by atoms with van der Waals surface area (Å²) in [6.45, 7) is 4.39. The zero-order valence-electron chi connectivity index (χ0n) is 15.7. The molecule has 3 nitrogen and oxygen atoms in total. The van der Waals surface area contributed by atoms with Crippen LogP contribution in [0.1, 0.15) is 32.6 Å². The molecule has 1 aliphatic rings. The first-order valence-corrected chi connectivity index (χ1v) is 9.82. The van der Waals surface area contributed by atoms with Gasteiger partial charge in [-0.1, -0.05) is 57.9 Å². The fourth-order valence-electron chi connectivity index (χ4n) is 3.18. The summed E-state index contributed by atoms with van der Waals surface area (Å²) in [4.78, 5) is 12.7. The van der Waals surface area contributed by atoms with Crippen molar-refractivity contribution in [2.45, 2.75) is 20.5 Å². The van der Waals surface area contributed by atoms with Gasteiger partial charge in [0.15, 0.2) is 5.76 Å². The fourth-order valence-corrected chi connectivity index (χ4v) is 3.44. The Morgan fingerprint density at radius 3 is 2.57 bits per heavy atom. The van der Waals surface area contributed by atoms with E-state index in [0.29, 0.717) is 29.4 Å². The largest absolute Gasteiger partial charge is 0.488 e. The van der Waals surface area contributed by atoms with E-state index < -0.39 is 0 Å². The second kappa shape index (κ2) is 7.64. The van der Waals surface area contributed by atoms with Crippen molar-refractivity contribution in [3.8, 4) is 11.5 Å². The van der Waals surface area contributed by atoms with Gasteiger partial charge in [0.2, 0.25) is 5.78 Å². The molecule has 28 heavy (non-hydrogen) atoms. The van der Waals surface area contributed by atoms with Crippen LogP contribution in [-0.2, 0) is 6.61 Å². The van der Waals surface area contributed by atoms with E-state index in [9.17, 15) is 4.79 Å². The molecule has 1 aliphatic heterocycles. The molecule has 0 aliphatic carbocycles. The Balaban J connectivity index is 1.57. The lowest BCUT2D eigenvalue weighted by Gasteiger charge is -2.11. The maximum Gasteiger partial charge on any atom is 0.231 e. The maximum atomic E-state index is 12.7. The molecule has 0 spiro atoms. The number of aryl methyl sites for hydroxylation is 1. The monoisotopic (exact) mass is 434 g/mol. The molecule has 0 bridgehead atoms. The number of carbonyl (C=O) groups excluding carboxylic acids is 1. The maximum absolute atomic E-state index is 12.7. The highest BCUT2D eigenvalue weighted by atomic mass is 79.9. The van der Waals surface area contributed by atoms with Gasteiger partial charge >= 0.3 is 0 Å². The highest BCUT2D eigenvalue weighted by molar-refractivity contribution is 9.10. The standard InChI is InChI=1S/C24H19BrO3/c1-15-4-3-5-18(12-15)13-22-23(26)20-10-11-21(16(2)24(20)28-22)27-14-17-6-8-19(25)9-7-17/h3-13H,14H2,1-2H3/b22-13-. The number of fused-ring (bicyclic) bond motifs is 1. The third kappa shape index (κ3) is 3.73. The SMILES string of the molecule is Cc1cccc(/C=C2\Oc3c(ccc(OCc4ccc(Br)cc4)c3C)C2=O)c1. The molecule has 0 atom stereocenters. The van der Waals surface area contributed by atoms with Gasteiger partial charge in [-0.15, -0.1) is 0 Å². The zero-order valence-corrected chi connectivity index (χ0v) is 17.2. The van der Waals surface area contributed by atoms with Gasteiger partial charge in [-0.3, -0.25) is 4.79 Å². The second-order valence-corrected chi connectivity index (χ2v) is 7.75. The van der Waals surface area contributed by atoms with Gasteiger partial charge < -0.3 is 9.47 Å². The van der Waals surface area contributed by atoms with E-state index in [1.165, 1.54) is 0 Å². The number of halogens is 1. The molecular formula is C24H19BrO3. The first kappa shape index (κ1) is 18.5. The summed E-state index contributed by atoms with van der Waals surface area (Å²) in [5, 5.41) is 0. The Kier molecular flexibility index (Phi) is 5.05. The number of benzene rings is 3. The Labute approximate surface area is 172 Å².